The van der Waals surface area contributed by atoms with Gasteiger partial charge in [0.05, 0.1) is 18.5 Å². The Labute approximate surface area is 140 Å². The second-order valence-electron chi connectivity index (χ2n) is 4.99. The lowest BCUT2D eigenvalue weighted by atomic mass is 10.2. The van der Waals surface area contributed by atoms with Gasteiger partial charge in [-0.1, -0.05) is 18.2 Å². The highest BCUT2D eigenvalue weighted by Gasteiger charge is 2.06. The quantitative estimate of drug-likeness (QED) is 0.521. The molecule has 3 rings (SSSR count). The third kappa shape index (κ3) is 4.07. The van der Waals surface area contributed by atoms with Crippen molar-refractivity contribution in [2.75, 3.05) is 7.11 Å². The molecule has 4 nitrogen and oxygen atoms in total. The standard InChI is InChI=1S/C18H17N3OS/c1-13-20-17(16-8-3-4-9-19-16)11-18(21-13)23-12-14-6-5-7-15(10-14)22-2/h3-11H,12H2,1-2H3. The predicted octanol–water partition coefficient (Wildman–Crippen LogP) is 4.15. The van der Waals surface area contributed by atoms with E-state index in [1.165, 1.54) is 5.56 Å². The lowest BCUT2D eigenvalue weighted by Crippen LogP contribution is -1.95. The molecule has 0 unspecified atom stereocenters. The van der Waals surface area contributed by atoms with Gasteiger partial charge in [0, 0.05) is 11.9 Å². The number of hydrogen-bond donors (Lipinski definition) is 0. The number of ether oxygens (including phenoxy) is 1. The van der Waals surface area contributed by atoms with Crippen molar-refractivity contribution < 1.29 is 4.74 Å². The summed E-state index contributed by atoms with van der Waals surface area (Å²) in [5, 5.41) is 0.945. The van der Waals surface area contributed by atoms with Gasteiger partial charge in [0.2, 0.25) is 0 Å². The summed E-state index contributed by atoms with van der Waals surface area (Å²) in [5.41, 5.74) is 2.91. The number of methoxy groups -OCH3 is 1. The molecular formula is C18H17N3OS. The fourth-order valence-corrected chi connectivity index (χ4v) is 3.06. The monoisotopic (exact) mass is 323 g/mol. The molecule has 0 aliphatic heterocycles. The van der Waals surface area contributed by atoms with Crippen molar-refractivity contribution in [2.45, 2.75) is 17.7 Å². The number of nitrogens with zero attached hydrogens (tertiary/aromatic N) is 3. The summed E-state index contributed by atoms with van der Waals surface area (Å²) in [6.07, 6.45) is 1.77. The van der Waals surface area contributed by atoms with E-state index < -0.39 is 0 Å². The van der Waals surface area contributed by atoms with E-state index in [9.17, 15) is 0 Å². The van der Waals surface area contributed by atoms with Gasteiger partial charge in [0.15, 0.2) is 0 Å². The molecule has 5 heteroatoms. The number of benzene rings is 1. The SMILES string of the molecule is COc1cccc(CSc2cc(-c3ccccn3)nc(C)n2)c1. The molecule has 0 aliphatic carbocycles. The first-order chi connectivity index (χ1) is 11.2. The summed E-state index contributed by atoms with van der Waals surface area (Å²) in [5.74, 6) is 2.45. The Balaban J connectivity index is 1.79. The van der Waals surface area contributed by atoms with E-state index in [0.29, 0.717) is 0 Å². The van der Waals surface area contributed by atoms with Gasteiger partial charge in [-0.2, -0.15) is 0 Å². The number of hydrogen-bond acceptors (Lipinski definition) is 5. The number of rotatable bonds is 5. The molecule has 2 aromatic heterocycles. The Morgan fingerprint density at radius 3 is 2.70 bits per heavy atom. The van der Waals surface area contributed by atoms with E-state index in [1.807, 2.05) is 49.4 Å². The van der Waals surface area contributed by atoms with Crippen LogP contribution in [0.15, 0.2) is 59.8 Å². The highest BCUT2D eigenvalue weighted by atomic mass is 32.2. The minimum absolute atomic E-state index is 0.751. The maximum atomic E-state index is 5.26. The Morgan fingerprint density at radius 2 is 1.91 bits per heavy atom. The van der Waals surface area contributed by atoms with Crippen molar-refractivity contribution >= 4 is 11.8 Å². The van der Waals surface area contributed by atoms with E-state index >= 15 is 0 Å². The van der Waals surface area contributed by atoms with Gasteiger partial charge in [-0.3, -0.25) is 4.98 Å². The average Bonchev–Trinajstić information content (AvgIpc) is 2.60. The first kappa shape index (κ1) is 15.5. The lowest BCUT2D eigenvalue weighted by molar-refractivity contribution is 0.414. The Bertz CT molecular complexity index is 793. The fourth-order valence-electron chi connectivity index (χ4n) is 2.18. The van der Waals surface area contributed by atoms with E-state index in [2.05, 4.69) is 21.0 Å². The second kappa shape index (κ2) is 7.24. The van der Waals surface area contributed by atoms with Gasteiger partial charge in [0.1, 0.15) is 16.6 Å². The topological polar surface area (TPSA) is 47.9 Å². The van der Waals surface area contributed by atoms with Crippen molar-refractivity contribution in [1.82, 2.24) is 15.0 Å². The van der Waals surface area contributed by atoms with Crippen LogP contribution in [0.25, 0.3) is 11.4 Å². The Hall–Kier alpha value is -2.40. The summed E-state index contributed by atoms with van der Waals surface area (Å²) in [6.45, 7) is 1.90. The summed E-state index contributed by atoms with van der Waals surface area (Å²) in [4.78, 5) is 13.3. The lowest BCUT2D eigenvalue weighted by Gasteiger charge is -2.07. The van der Waals surface area contributed by atoms with Crippen LogP contribution < -0.4 is 4.74 Å². The fraction of sp³-hybridized carbons (Fsp3) is 0.167. The molecule has 0 spiro atoms. The third-order valence-corrected chi connectivity index (χ3v) is 4.25. The molecule has 0 radical (unpaired) electrons. The highest BCUT2D eigenvalue weighted by molar-refractivity contribution is 7.98. The molecule has 0 N–H and O–H groups in total. The van der Waals surface area contributed by atoms with Crippen LogP contribution in [0, 0.1) is 6.92 Å². The molecule has 23 heavy (non-hydrogen) atoms. The van der Waals surface area contributed by atoms with Crippen LogP contribution in [-0.2, 0) is 5.75 Å². The molecule has 3 aromatic rings. The number of aryl methyl sites for hydroxylation is 1. The van der Waals surface area contributed by atoms with Crippen molar-refractivity contribution in [3.63, 3.8) is 0 Å². The van der Waals surface area contributed by atoms with E-state index in [1.54, 1.807) is 25.1 Å². The van der Waals surface area contributed by atoms with E-state index in [0.717, 1.165) is 33.7 Å². The molecule has 0 amide bonds. The molecule has 0 atom stereocenters. The predicted molar refractivity (Wildman–Crippen MR) is 92.6 cm³/mol. The van der Waals surface area contributed by atoms with Crippen molar-refractivity contribution in [3.8, 4) is 17.1 Å². The maximum absolute atomic E-state index is 5.26. The molecular weight excluding hydrogens is 306 g/mol. The summed E-state index contributed by atoms with van der Waals surface area (Å²) in [6, 6.07) is 15.9. The van der Waals surface area contributed by atoms with E-state index in [4.69, 9.17) is 4.74 Å². The summed E-state index contributed by atoms with van der Waals surface area (Å²) < 4.78 is 5.26. The third-order valence-electron chi connectivity index (χ3n) is 3.26. The number of thioether (sulfide) groups is 1. The van der Waals surface area contributed by atoms with Crippen LogP contribution in [0.5, 0.6) is 5.75 Å². The van der Waals surface area contributed by atoms with Gasteiger partial charge in [-0.15, -0.1) is 11.8 Å². The van der Waals surface area contributed by atoms with Gasteiger partial charge in [-0.05, 0) is 42.8 Å². The second-order valence-corrected chi connectivity index (χ2v) is 5.99. The zero-order valence-electron chi connectivity index (χ0n) is 13.1. The largest absolute Gasteiger partial charge is 0.497 e. The first-order valence-corrected chi connectivity index (χ1v) is 8.26. The van der Waals surface area contributed by atoms with Gasteiger partial charge in [0.25, 0.3) is 0 Å². The first-order valence-electron chi connectivity index (χ1n) is 7.27. The van der Waals surface area contributed by atoms with Crippen molar-refractivity contribution in [3.05, 3.63) is 66.1 Å². The normalized spacial score (nSPS) is 10.5. The van der Waals surface area contributed by atoms with Crippen molar-refractivity contribution in [2.24, 2.45) is 0 Å². The maximum Gasteiger partial charge on any atom is 0.127 e. The van der Waals surface area contributed by atoms with Gasteiger partial charge >= 0.3 is 0 Å². The molecule has 116 valence electrons. The number of aromatic nitrogens is 3. The molecule has 0 fully saturated rings. The molecule has 2 heterocycles. The summed E-state index contributed by atoms with van der Waals surface area (Å²) >= 11 is 1.68. The number of pyridine rings is 1. The van der Waals surface area contributed by atoms with Crippen LogP contribution in [-0.4, -0.2) is 22.1 Å². The molecule has 0 aliphatic rings. The van der Waals surface area contributed by atoms with E-state index in [-0.39, 0.29) is 0 Å². The molecule has 1 aromatic carbocycles. The van der Waals surface area contributed by atoms with Crippen molar-refractivity contribution in [1.29, 1.82) is 0 Å². The van der Waals surface area contributed by atoms with Crippen LogP contribution >= 0.6 is 11.8 Å². The minimum atomic E-state index is 0.751. The highest BCUT2D eigenvalue weighted by Crippen LogP contribution is 2.26. The Kier molecular flexibility index (Phi) is 4.88. The van der Waals surface area contributed by atoms with Crippen LogP contribution in [0.4, 0.5) is 0 Å². The van der Waals surface area contributed by atoms with Gasteiger partial charge < -0.3 is 4.74 Å². The van der Waals surface area contributed by atoms with Gasteiger partial charge in [-0.25, -0.2) is 9.97 Å². The molecule has 0 saturated heterocycles. The minimum Gasteiger partial charge on any atom is -0.497 e. The Morgan fingerprint density at radius 1 is 1.00 bits per heavy atom. The van der Waals surface area contributed by atoms with Crippen LogP contribution in [0.2, 0.25) is 0 Å². The molecule has 0 bridgehead atoms. The zero-order valence-corrected chi connectivity index (χ0v) is 13.9. The van der Waals surface area contributed by atoms with Crippen LogP contribution in [0.1, 0.15) is 11.4 Å². The molecule has 0 saturated carbocycles. The average molecular weight is 323 g/mol. The summed E-state index contributed by atoms with van der Waals surface area (Å²) in [7, 11) is 1.68. The smallest absolute Gasteiger partial charge is 0.127 e. The van der Waals surface area contributed by atoms with Crippen LogP contribution in [0.3, 0.4) is 0 Å². The zero-order chi connectivity index (χ0) is 16.1.